The van der Waals surface area contributed by atoms with E-state index in [9.17, 15) is 9.59 Å². The Balaban J connectivity index is 1.81. The number of fused-ring (bicyclic) bond motifs is 1. The van der Waals surface area contributed by atoms with Crippen LogP contribution in [0.5, 0.6) is 0 Å². The average Bonchev–Trinajstić information content (AvgIpc) is 2.96. The maximum atomic E-state index is 12.5. The van der Waals surface area contributed by atoms with Crippen molar-refractivity contribution in [2.24, 2.45) is 0 Å². The summed E-state index contributed by atoms with van der Waals surface area (Å²) in [6.45, 7) is 3.98. The number of hydrogen-bond donors (Lipinski definition) is 1. The number of carbonyl (C=O) groups excluding carboxylic acids is 1. The van der Waals surface area contributed by atoms with E-state index in [2.05, 4.69) is 17.2 Å². The van der Waals surface area contributed by atoms with E-state index in [4.69, 9.17) is 0 Å². The van der Waals surface area contributed by atoms with Gasteiger partial charge in [-0.25, -0.2) is 4.98 Å². The Morgan fingerprint density at radius 2 is 2.04 bits per heavy atom. The van der Waals surface area contributed by atoms with Crippen LogP contribution in [0.4, 0.5) is 5.69 Å². The van der Waals surface area contributed by atoms with Gasteiger partial charge in [-0.05, 0) is 37.5 Å². The van der Waals surface area contributed by atoms with Crippen LogP contribution < -0.4 is 10.9 Å². The smallest absolute Gasteiger partial charge is 0.271 e. The van der Waals surface area contributed by atoms with Gasteiger partial charge in [0.2, 0.25) is 0 Å². The molecule has 5 nitrogen and oxygen atoms in total. The summed E-state index contributed by atoms with van der Waals surface area (Å²) in [5, 5.41) is 4.62. The Bertz CT molecular complexity index is 926. The fourth-order valence-corrected chi connectivity index (χ4v) is 3.34. The second-order valence-electron chi connectivity index (χ2n) is 5.73. The van der Waals surface area contributed by atoms with Crippen LogP contribution in [0.2, 0.25) is 0 Å². The van der Waals surface area contributed by atoms with Gasteiger partial charge < -0.3 is 5.32 Å². The van der Waals surface area contributed by atoms with Crippen LogP contribution in [0.1, 0.15) is 41.4 Å². The van der Waals surface area contributed by atoms with Crippen molar-refractivity contribution in [1.82, 2.24) is 9.38 Å². The summed E-state index contributed by atoms with van der Waals surface area (Å²) in [5.74, 6) is -0.436. The summed E-state index contributed by atoms with van der Waals surface area (Å²) in [7, 11) is 0. The van der Waals surface area contributed by atoms with Gasteiger partial charge in [0.05, 0.1) is 0 Å². The zero-order valence-corrected chi connectivity index (χ0v) is 14.5. The highest BCUT2D eigenvalue weighted by Gasteiger charge is 2.15. The molecule has 124 valence electrons. The second-order valence-corrected chi connectivity index (χ2v) is 6.56. The topological polar surface area (TPSA) is 63.5 Å². The van der Waals surface area contributed by atoms with Gasteiger partial charge in [-0.3, -0.25) is 14.0 Å². The molecule has 6 heteroatoms. The fourth-order valence-electron chi connectivity index (χ4n) is 2.51. The van der Waals surface area contributed by atoms with E-state index >= 15 is 0 Å². The van der Waals surface area contributed by atoms with Crippen molar-refractivity contribution in [3.05, 3.63) is 63.0 Å². The number of nitrogens with one attached hydrogen (secondary N) is 1. The van der Waals surface area contributed by atoms with E-state index in [-0.39, 0.29) is 11.1 Å². The van der Waals surface area contributed by atoms with Crippen molar-refractivity contribution in [2.45, 2.75) is 33.1 Å². The van der Waals surface area contributed by atoms with Crippen LogP contribution in [-0.2, 0) is 6.42 Å². The molecule has 0 aliphatic carbocycles. The normalized spacial score (nSPS) is 10.9. The zero-order chi connectivity index (χ0) is 17.1. The Kier molecular flexibility index (Phi) is 4.76. The van der Waals surface area contributed by atoms with Gasteiger partial charge in [-0.2, -0.15) is 0 Å². The molecule has 3 rings (SSSR count). The molecule has 24 heavy (non-hydrogen) atoms. The number of hydrogen-bond acceptors (Lipinski definition) is 4. The number of aromatic nitrogens is 2. The van der Waals surface area contributed by atoms with Gasteiger partial charge in [0.25, 0.3) is 11.5 Å². The summed E-state index contributed by atoms with van der Waals surface area (Å²) in [4.78, 5) is 29.7. The first-order valence-corrected chi connectivity index (χ1v) is 8.84. The number of amides is 1. The SMILES string of the molecule is CCCCc1ccc(NC(=O)c2cnc3scc(C)n3c2=O)cc1. The molecule has 0 unspecified atom stereocenters. The minimum Gasteiger partial charge on any atom is -0.322 e. The minimum absolute atomic E-state index is 0.0454. The standard InChI is InChI=1S/C18H19N3O2S/c1-3-4-5-13-6-8-14(9-7-13)20-16(22)15-10-19-18-21(17(15)23)12(2)11-24-18/h6-11H,3-5H2,1-2H3,(H,20,22). The lowest BCUT2D eigenvalue weighted by atomic mass is 10.1. The van der Waals surface area contributed by atoms with E-state index in [0.717, 1.165) is 25.0 Å². The molecule has 1 aromatic carbocycles. The first kappa shape index (κ1) is 16.4. The molecule has 1 amide bonds. The summed E-state index contributed by atoms with van der Waals surface area (Å²) in [6.07, 6.45) is 4.68. The molecule has 0 saturated carbocycles. The second kappa shape index (κ2) is 6.97. The molecule has 0 saturated heterocycles. The van der Waals surface area contributed by atoms with Crippen LogP contribution in [-0.4, -0.2) is 15.3 Å². The molecule has 0 bridgehead atoms. The highest BCUT2D eigenvalue weighted by Crippen LogP contribution is 2.14. The van der Waals surface area contributed by atoms with Gasteiger partial charge in [0.1, 0.15) is 5.56 Å². The number of aryl methyl sites for hydroxylation is 2. The van der Waals surface area contributed by atoms with Crippen molar-refractivity contribution in [1.29, 1.82) is 0 Å². The maximum absolute atomic E-state index is 12.5. The van der Waals surface area contributed by atoms with Gasteiger partial charge in [-0.15, -0.1) is 11.3 Å². The molecule has 0 fully saturated rings. The molecule has 1 N–H and O–H groups in total. The number of carbonyl (C=O) groups is 1. The van der Waals surface area contributed by atoms with Gasteiger partial charge in [0, 0.05) is 23.0 Å². The number of benzene rings is 1. The van der Waals surface area contributed by atoms with Gasteiger partial charge >= 0.3 is 0 Å². The Morgan fingerprint density at radius 1 is 1.29 bits per heavy atom. The average molecular weight is 341 g/mol. The fraction of sp³-hybridized carbons (Fsp3) is 0.278. The van der Waals surface area contributed by atoms with Crippen molar-refractivity contribution in [3.8, 4) is 0 Å². The molecule has 0 atom stereocenters. The predicted octanol–water partition coefficient (Wildman–Crippen LogP) is 3.66. The van der Waals surface area contributed by atoms with Crippen molar-refractivity contribution < 1.29 is 4.79 Å². The number of unbranched alkanes of at least 4 members (excludes halogenated alkanes) is 1. The molecular weight excluding hydrogens is 322 g/mol. The lowest BCUT2D eigenvalue weighted by Gasteiger charge is -2.06. The lowest BCUT2D eigenvalue weighted by Crippen LogP contribution is -2.26. The van der Waals surface area contributed by atoms with E-state index in [0.29, 0.717) is 10.6 Å². The summed E-state index contributed by atoms with van der Waals surface area (Å²) < 4.78 is 1.47. The molecule has 3 aromatic rings. The largest absolute Gasteiger partial charge is 0.322 e. The zero-order valence-electron chi connectivity index (χ0n) is 13.7. The number of anilines is 1. The Labute approximate surface area is 144 Å². The van der Waals surface area contributed by atoms with Crippen molar-refractivity contribution in [3.63, 3.8) is 0 Å². The molecule has 2 aromatic heterocycles. The number of thiazole rings is 1. The summed E-state index contributed by atoms with van der Waals surface area (Å²) in [6, 6.07) is 7.73. The number of rotatable bonds is 5. The third-order valence-corrected chi connectivity index (χ3v) is 4.85. The quantitative estimate of drug-likeness (QED) is 0.770. The van der Waals surface area contributed by atoms with Crippen LogP contribution in [0, 0.1) is 6.92 Å². The molecule has 2 heterocycles. The summed E-state index contributed by atoms with van der Waals surface area (Å²) >= 11 is 1.38. The Hall–Kier alpha value is -2.47. The van der Waals surface area contributed by atoms with Crippen LogP contribution in [0.15, 0.2) is 40.6 Å². The third-order valence-electron chi connectivity index (χ3n) is 3.89. The van der Waals surface area contributed by atoms with E-state index in [1.807, 2.05) is 36.6 Å². The number of nitrogens with zero attached hydrogens (tertiary/aromatic N) is 2. The predicted molar refractivity (Wildman–Crippen MR) is 97.1 cm³/mol. The van der Waals surface area contributed by atoms with E-state index in [1.54, 1.807) is 0 Å². The lowest BCUT2D eigenvalue weighted by molar-refractivity contribution is 0.102. The van der Waals surface area contributed by atoms with Gasteiger partial charge in [0.15, 0.2) is 4.96 Å². The Morgan fingerprint density at radius 3 is 2.75 bits per heavy atom. The van der Waals surface area contributed by atoms with Crippen molar-refractivity contribution >= 4 is 27.9 Å². The van der Waals surface area contributed by atoms with Crippen LogP contribution in [0.3, 0.4) is 0 Å². The molecule has 0 spiro atoms. The third kappa shape index (κ3) is 3.23. The molecule has 0 aliphatic rings. The molecular formula is C18H19N3O2S. The highest BCUT2D eigenvalue weighted by molar-refractivity contribution is 7.15. The van der Waals surface area contributed by atoms with E-state index in [1.165, 1.54) is 27.5 Å². The first-order valence-electron chi connectivity index (χ1n) is 7.96. The van der Waals surface area contributed by atoms with E-state index < -0.39 is 5.91 Å². The minimum atomic E-state index is -0.436. The van der Waals surface area contributed by atoms with Crippen LogP contribution in [0.25, 0.3) is 4.96 Å². The van der Waals surface area contributed by atoms with Gasteiger partial charge in [-0.1, -0.05) is 25.5 Å². The summed E-state index contributed by atoms with van der Waals surface area (Å²) in [5.41, 5.74) is 2.40. The maximum Gasteiger partial charge on any atom is 0.271 e. The molecule has 0 radical (unpaired) electrons. The first-order chi connectivity index (χ1) is 11.6. The highest BCUT2D eigenvalue weighted by atomic mass is 32.1. The van der Waals surface area contributed by atoms with Crippen LogP contribution >= 0.6 is 11.3 Å². The molecule has 0 aliphatic heterocycles. The monoisotopic (exact) mass is 341 g/mol. The van der Waals surface area contributed by atoms with Crippen molar-refractivity contribution in [2.75, 3.05) is 5.32 Å².